The van der Waals surface area contributed by atoms with Crippen molar-refractivity contribution in [3.05, 3.63) is 63.1 Å². The van der Waals surface area contributed by atoms with Crippen molar-refractivity contribution in [2.24, 2.45) is 17.8 Å². The summed E-state index contributed by atoms with van der Waals surface area (Å²) in [7, 11) is 0. The van der Waals surface area contributed by atoms with E-state index >= 15 is 0 Å². The number of halogens is 2. The molecule has 2 aliphatic carbocycles. The molecule has 0 saturated heterocycles. The van der Waals surface area contributed by atoms with E-state index in [-0.39, 0.29) is 6.04 Å². The summed E-state index contributed by atoms with van der Waals surface area (Å²) in [5, 5.41) is 14.3. The van der Waals surface area contributed by atoms with Gasteiger partial charge in [-0.05, 0) is 72.3 Å². The van der Waals surface area contributed by atoms with E-state index in [1.807, 2.05) is 24.3 Å². The van der Waals surface area contributed by atoms with Crippen LogP contribution in [0.1, 0.15) is 52.7 Å². The van der Waals surface area contributed by atoms with Gasteiger partial charge in [0.05, 0.1) is 27.3 Å². The van der Waals surface area contributed by atoms with Crippen molar-refractivity contribution >= 4 is 34.9 Å². The minimum absolute atomic E-state index is 0.0677. The van der Waals surface area contributed by atoms with E-state index in [9.17, 15) is 9.90 Å². The summed E-state index contributed by atoms with van der Waals surface area (Å²) in [5.41, 5.74) is 3.41. The first-order valence-electron chi connectivity index (χ1n) is 9.12. The molecule has 2 saturated carbocycles. The number of carbonyl (C=O) groups is 1. The Labute approximate surface area is 162 Å². The average molecular weight is 388 g/mol. The van der Waals surface area contributed by atoms with Gasteiger partial charge in [-0.2, -0.15) is 0 Å². The summed E-state index contributed by atoms with van der Waals surface area (Å²) < 4.78 is 0. The summed E-state index contributed by atoms with van der Waals surface area (Å²) in [6.45, 7) is 0. The third kappa shape index (κ3) is 2.30. The van der Waals surface area contributed by atoms with Crippen molar-refractivity contribution in [2.75, 3.05) is 5.32 Å². The first-order valence-corrected chi connectivity index (χ1v) is 9.88. The first kappa shape index (κ1) is 16.5. The zero-order valence-electron chi connectivity index (χ0n) is 14.1. The van der Waals surface area contributed by atoms with E-state index in [4.69, 9.17) is 23.2 Å². The molecule has 2 aromatic carbocycles. The number of anilines is 1. The molecular formula is C21H19Cl2NO2. The van der Waals surface area contributed by atoms with Crippen LogP contribution in [0.3, 0.4) is 0 Å². The van der Waals surface area contributed by atoms with Crippen molar-refractivity contribution < 1.29 is 9.90 Å². The quantitative estimate of drug-likeness (QED) is 0.665. The number of hydrogen-bond donors (Lipinski definition) is 2. The molecule has 0 aromatic heterocycles. The smallest absolute Gasteiger partial charge is 0.337 e. The Hall–Kier alpha value is -1.71. The number of aromatic carboxylic acids is 1. The molecule has 0 amide bonds. The second kappa shape index (κ2) is 5.90. The molecule has 134 valence electrons. The molecule has 26 heavy (non-hydrogen) atoms. The predicted molar refractivity (Wildman–Crippen MR) is 103 cm³/mol. The van der Waals surface area contributed by atoms with Gasteiger partial charge in [0.25, 0.3) is 0 Å². The molecule has 1 aliphatic heterocycles. The van der Waals surface area contributed by atoms with Gasteiger partial charge in [0.2, 0.25) is 0 Å². The van der Waals surface area contributed by atoms with Crippen LogP contribution in [-0.2, 0) is 0 Å². The van der Waals surface area contributed by atoms with E-state index in [1.54, 1.807) is 6.07 Å². The van der Waals surface area contributed by atoms with Crippen LogP contribution >= 0.6 is 23.2 Å². The van der Waals surface area contributed by atoms with Gasteiger partial charge < -0.3 is 10.4 Å². The fraction of sp³-hybridized carbons (Fsp3) is 0.381. The van der Waals surface area contributed by atoms with E-state index in [0.717, 1.165) is 11.3 Å². The van der Waals surface area contributed by atoms with Crippen LogP contribution < -0.4 is 5.32 Å². The number of fused-ring (bicyclic) bond motifs is 7. The van der Waals surface area contributed by atoms with Crippen LogP contribution in [0.25, 0.3) is 0 Å². The summed E-state index contributed by atoms with van der Waals surface area (Å²) in [6.07, 6.45) is 3.75. The van der Waals surface area contributed by atoms with Crippen molar-refractivity contribution in [3.63, 3.8) is 0 Å². The number of nitrogens with one attached hydrogen (secondary N) is 1. The summed E-state index contributed by atoms with van der Waals surface area (Å²) >= 11 is 12.4. The third-order valence-corrected chi connectivity index (χ3v) is 7.39. The molecule has 5 rings (SSSR count). The zero-order valence-corrected chi connectivity index (χ0v) is 15.6. The van der Waals surface area contributed by atoms with Gasteiger partial charge in [-0.1, -0.05) is 41.4 Å². The van der Waals surface area contributed by atoms with E-state index in [0.29, 0.717) is 39.3 Å². The normalized spacial score (nSPS) is 31.2. The van der Waals surface area contributed by atoms with Crippen LogP contribution in [0.5, 0.6) is 0 Å². The molecule has 3 aliphatic rings. The van der Waals surface area contributed by atoms with Crippen molar-refractivity contribution in [3.8, 4) is 0 Å². The highest BCUT2D eigenvalue weighted by atomic mass is 35.5. The maximum atomic E-state index is 11.8. The summed E-state index contributed by atoms with van der Waals surface area (Å²) in [4.78, 5) is 11.8. The van der Waals surface area contributed by atoms with Crippen LogP contribution in [0.15, 0.2) is 36.4 Å². The van der Waals surface area contributed by atoms with Gasteiger partial charge in [0.15, 0.2) is 0 Å². The number of benzene rings is 2. The van der Waals surface area contributed by atoms with Crippen LogP contribution in [0.2, 0.25) is 10.0 Å². The lowest BCUT2D eigenvalue weighted by atomic mass is 9.67. The van der Waals surface area contributed by atoms with E-state index < -0.39 is 5.97 Å². The van der Waals surface area contributed by atoms with Gasteiger partial charge in [-0.15, -0.1) is 0 Å². The number of carboxylic acids is 1. The Morgan fingerprint density at radius 3 is 2.65 bits per heavy atom. The molecule has 2 fully saturated rings. The van der Waals surface area contributed by atoms with Crippen LogP contribution in [-0.4, -0.2) is 11.1 Å². The SMILES string of the molecule is O=C(O)c1cccc2c1N[C@H](c1ccc(Cl)c(Cl)c1)[C@H]1[C@H]3CC[C@@H](C3)[C@@H]21. The highest BCUT2D eigenvalue weighted by Gasteiger charge is 2.54. The maximum absolute atomic E-state index is 11.8. The summed E-state index contributed by atoms with van der Waals surface area (Å²) in [6, 6.07) is 11.5. The molecule has 5 heteroatoms. The van der Waals surface area contributed by atoms with Crippen molar-refractivity contribution in [1.29, 1.82) is 0 Å². The Balaban J connectivity index is 1.67. The van der Waals surface area contributed by atoms with Gasteiger partial charge in [0, 0.05) is 0 Å². The Kier molecular flexibility index (Phi) is 3.74. The van der Waals surface area contributed by atoms with Crippen LogP contribution in [0.4, 0.5) is 5.69 Å². The molecule has 2 bridgehead atoms. The molecule has 5 atom stereocenters. The van der Waals surface area contributed by atoms with Crippen LogP contribution in [0, 0.1) is 17.8 Å². The molecule has 2 aromatic rings. The zero-order chi connectivity index (χ0) is 18.0. The number of hydrogen-bond acceptors (Lipinski definition) is 2. The topological polar surface area (TPSA) is 49.3 Å². The van der Waals surface area contributed by atoms with Gasteiger partial charge >= 0.3 is 5.97 Å². The fourth-order valence-corrected chi connectivity index (χ4v) is 6.03. The Morgan fingerprint density at radius 1 is 1.08 bits per heavy atom. The van der Waals surface area contributed by atoms with Gasteiger partial charge in [0.1, 0.15) is 0 Å². The van der Waals surface area contributed by atoms with E-state index in [1.165, 1.54) is 24.8 Å². The number of para-hydroxylation sites is 1. The molecule has 0 radical (unpaired) electrons. The molecule has 3 nitrogen and oxygen atoms in total. The molecule has 1 heterocycles. The monoisotopic (exact) mass is 387 g/mol. The lowest BCUT2D eigenvalue weighted by Crippen LogP contribution is -2.36. The minimum Gasteiger partial charge on any atom is -0.478 e. The van der Waals surface area contributed by atoms with Gasteiger partial charge in [-0.25, -0.2) is 4.79 Å². The highest BCUT2D eigenvalue weighted by Crippen LogP contribution is 2.64. The largest absolute Gasteiger partial charge is 0.478 e. The highest BCUT2D eigenvalue weighted by molar-refractivity contribution is 6.42. The maximum Gasteiger partial charge on any atom is 0.337 e. The Morgan fingerprint density at radius 2 is 1.88 bits per heavy atom. The standard InChI is InChI=1S/C21H19Cl2NO2/c22-15-7-6-12(9-16(15)23)19-18-11-5-4-10(8-11)17(18)13-2-1-3-14(21(25)26)20(13)24-19/h1-3,6-7,9-11,17-19,24H,4-5,8H2,(H,25,26)/t10-,11-,17-,18-,19+/m0/s1. The lowest BCUT2D eigenvalue weighted by Gasteiger charge is -2.44. The lowest BCUT2D eigenvalue weighted by molar-refractivity contribution is 0.0697. The first-order chi connectivity index (χ1) is 12.5. The molecule has 0 spiro atoms. The fourth-order valence-electron chi connectivity index (χ4n) is 5.73. The molecular weight excluding hydrogens is 369 g/mol. The Bertz CT molecular complexity index is 913. The third-order valence-electron chi connectivity index (χ3n) is 6.65. The van der Waals surface area contributed by atoms with E-state index in [2.05, 4.69) is 11.4 Å². The summed E-state index contributed by atoms with van der Waals surface area (Å²) in [5.74, 6) is 1.34. The number of carboxylic acid groups (broad SMARTS) is 1. The second-order valence-corrected chi connectivity index (χ2v) is 8.62. The second-order valence-electron chi connectivity index (χ2n) is 7.81. The van der Waals surface area contributed by atoms with Crippen molar-refractivity contribution in [2.45, 2.75) is 31.2 Å². The predicted octanol–water partition coefficient (Wildman–Crippen LogP) is 5.99. The van der Waals surface area contributed by atoms with Gasteiger partial charge in [-0.3, -0.25) is 0 Å². The average Bonchev–Trinajstić information content (AvgIpc) is 3.25. The molecule has 0 unspecified atom stereocenters. The molecule has 2 N–H and O–H groups in total. The van der Waals surface area contributed by atoms with Crippen molar-refractivity contribution in [1.82, 2.24) is 0 Å². The minimum atomic E-state index is -0.885. The number of rotatable bonds is 2.